The van der Waals surface area contributed by atoms with Gasteiger partial charge >= 0.3 is 5.97 Å². The normalized spacial score (nSPS) is 12.7. The van der Waals surface area contributed by atoms with Gasteiger partial charge in [0.2, 0.25) is 0 Å². The highest BCUT2D eigenvalue weighted by Gasteiger charge is 2.22. The highest BCUT2D eigenvalue weighted by Crippen LogP contribution is 2.29. The standard InChI is InChI=1S/C18H21N3O4S/c1-5-24-18(23)14-10(2)13-16(22)19-15(20-17(13)26-14)11(3)21(4)9-12-7-6-8-25-12/h6-8,11H,5,9H2,1-4H3,(H,19,20,22)/t11-/m1/s1. The Hall–Kier alpha value is -2.45. The maximum absolute atomic E-state index is 12.6. The highest BCUT2D eigenvalue weighted by atomic mass is 32.1. The highest BCUT2D eigenvalue weighted by molar-refractivity contribution is 7.20. The van der Waals surface area contributed by atoms with Gasteiger partial charge in [-0.1, -0.05) is 0 Å². The summed E-state index contributed by atoms with van der Waals surface area (Å²) in [5.74, 6) is 0.962. The fourth-order valence-electron chi connectivity index (χ4n) is 2.74. The van der Waals surface area contributed by atoms with Crippen molar-refractivity contribution in [3.63, 3.8) is 0 Å². The molecule has 0 aliphatic heterocycles. The lowest BCUT2D eigenvalue weighted by molar-refractivity contribution is 0.0531. The van der Waals surface area contributed by atoms with Crippen LogP contribution in [0.3, 0.4) is 0 Å². The summed E-state index contributed by atoms with van der Waals surface area (Å²) in [4.78, 5) is 35.1. The molecule has 0 saturated heterocycles. The fraction of sp³-hybridized carbons (Fsp3) is 0.389. The molecule has 1 N–H and O–H groups in total. The number of nitrogens with zero attached hydrogens (tertiary/aromatic N) is 2. The molecule has 0 fully saturated rings. The van der Waals surface area contributed by atoms with Crippen molar-refractivity contribution in [3.8, 4) is 0 Å². The molecule has 26 heavy (non-hydrogen) atoms. The number of aromatic nitrogens is 2. The van der Waals surface area contributed by atoms with Gasteiger partial charge in [0.05, 0.1) is 30.8 Å². The summed E-state index contributed by atoms with van der Waals surface area (Å²) in [5.41, 5.74) is 0.368. The monoisotopic (exact) mass is 375 g/mol. The molecule has 0 unspecified atom stereocenters. The first kappa shape index (κ1) is 18.3. The van der Waals surface area contributed by atoms with Gasteiger partial charge in [-0.25, -0.2) is 9.78 Å². The summed E-state index contributed by atoms with van der Waals surface area (Å²) in [5, 5.41) is 0.447. The van der Waals surface area contributed by atoms with E-state index >= 15 is 0 Å². The number of carbonyl (C=O) groups excluding carboxylic acids is 1. The average Bonchev–Trinajstić information content (AvgIpc) is 3.22. The van der Waals surface area contributed by atoms with Crippen LogP contribution >= 0.6 is 11.3 Å². The lowest BCUT2D eigenvalue weighted by atomic mass is 10.2. The molecule has 3 aromatic rings. The average molecular weight is 375 g/mol. The topological polar surface area (TPSA) is 88.4 Å². The van der Waals surface area contributed by atoms with E-state index in [1.165, 1.54) is 11.3 Å². The number of hydrogen-bond donors (Lipinski definition) is 1. The molecule has 138 valence electrons. The number of thiophene rings is 1. The van der Waals surface area contributed by atoms with Crippen LogP contribution < -0.4 is 5.56 Å². The number of ether oxygens (including phenoxy) is 1. The first-order valence-electron chi connectivity index (χ1n) is 8.35. The molecule has 0 radical (unpaired) electrons. The molecule has 3 heterocycles. The number of esters is 1. The third-order valence-corrected chi connectivity index (χ3v) is 5.49. The number of aromatic amines is 1. The van der Waals surface area contributed by atoms with Gasteiger partial charge in [0.15, 0.2) is 0 Å². The molecule has 0 aromatic carbocycles. The molecule has 0 amide bonds. The van der Waals surface area contributed by atoms with E-state index in [1.54, 1.807) is 20.1 Å². The van der Waals surface area contributed by atoms with Crippen LogP contribution in [0.25, 0.3) is 10.2 Å². The number of aryl methyl sites for hydroxylation is 1. The molecule has 0 aliphatic rings. The number of fused-ring (bicyclic) bond motifs is 1. The zero-order valence-corrected chi connectivity index (χ0v) is 16.0. The molecule has 3 rings (SSSR count). The van der Waals surface area contributed by atoms with Crippen molar-refractivity contribution >= 4 is 27.5 Å². The number of H-pyrrole nitrogens is 1. The Morgan fingerprint density at radius 3 is 2.92 bits per heavy atom. The van der Waals surface area contributed by atoms with Crippen molar-refractivity contribution in [2.75, 3.05) is 13.7 Å². The minimum Gasteiger partial charge on any atom is -0.468 e. The van der Waals surface area contributed by atoms with Crippen LogP contribution in [0.5, 0.6) is 0 Å². The summed E-state index contributed by atoms with van der Waals surface area (Å²) in [6.07, 6.45) is 1.63. The largest absolute Gasteiger partial charge is 0.468 e. The molecule has 0 spiro atoms. The third-order valence-electron chi connectivity index (χ3n) is 4.32. The second-order valence-corrected chi connectivity index (χ2v) is 7.08. The first-order chi connectivity index (χ1) is 12.4. The zero-order valence-electron chi connectivity index (χ0n) is 15.2. The number of nitrogens with one attached hydrogen (secondary N) is 1. The van der Waals surface area contributed by atoms with Crippen molar-refractivity contribution in [1.82, 2.24) is 14.9 Å². The van der Waals surface area contributed by atoms with Crippen molar-refractivity contribution in [3.05, 3.63) is 50.8 Å². The Labute approximate surface area is 154 Å². The Balaban J connectivity index is 1.95. The van der Waals surface area contributed by atoms with E-state index in [0.29, 0.717) is 33.0 Å². The predicted octanol–water partition coefficient (Wildman–Crippen LogP) is 3.26. The van der Waals surface area contributed by atoms with Crippen molar-refractivity contribution in [2.45, 2.75) is 33.4 Å². The van der Waals surface area contributed by atoms with Gasteiger partial charge in [-0.3, -0.25) is 9.69 Å². The van der Waals surface area contributed by atoms with Crippen LogP contribution in [0.1, 0.15) is 46.7 Å². The lowest BCUT2D eigenvalue weighted by Crippen LogP contribution is -2.25. The van der Waals surface area contributed by atoms with Crippen LogP contribution in [-0.4, -0.2) is 34.5 Å². The Morgan fingerprint density at radius 1 is 1.50 bits per heavy atom. The summed E-state index contributed by atoms with van der Waals surface area (Å²) in [6, 6.07) is 3.60. The molecule has 0 saturated carbocycles. The maximum atomic E-state index is 12.6. The quantitative estimate of drug-likeness (QED) is 0.665. The van der Waals surface area contributed by atoms with E-state index in [-0.39, 0.29) is 18.2 Å². The van der Waals surface area contributed by atoms with E-state index < -0.39 is 5.97 Å². The lowest BCUT2D eigenvalue weighted by Gasteiger charge is -2.22. The minimum absolute atomic E-state index is 0.134. The number of carbonyl (C=O) groups is 1. The van der Waals surface area contributed by atoms with E-state index in [2.05, 4.69) is 9.97 Å². The van der Waals surface area contributed by atoms with Crippen LogP contribution in [0.4, 0.5) is 0 Å². The van der Waals surface area contributed by atoms with Gasteiger partial charge in [0, 0.05) is 0 Å². The van der Waals surface area contributed by atoms with E-state index in [0.717, 1.165) is 5.76 Å². The van der Waals surface area contributed by atoms with Crippen LogP contribution in [-0.2, 0) is 11.3 Å². The molecule has 0 bridgehead atoms. The third kappa shape index (κ3) is 3.42. The van der Waals surface area contributed by atoms with Crippen molar-refractivity contribution in [1.29, 1.82) is 0 Å². The first-order valence-corrected chi connectivity index (χ1v) is 9.17. The van der Waals surface area contributed by atoms with Gasteiger partial charge in [0.25, 0.3) is 5.56 Å². The molecule has 3 aromatic heterocycles. The second kappa shape index (κ2) is 7.43. The molecule has 8 heteroatoms. The smallest absolute Gasteiger partial charge is 0.348 e. The Morgan fingerprint density at radius 2 is 2.27 bits per heavy atom. The molecule has 1 atom stereocenters. The Kier molecular flexibility index (Phi) is 5.24. The zero-order chi connectivity index (χ0) is 18.8. The summed E-state index contributed by atoms with van der Waals surface area (Å²) in [6.45, 7) is 6.33. The van der Waals surface area contributed by atoms with Gasteiger partial charge in [-0.2, -0.15) is 0 Å². The predicted molar refractivity (Wildman–Crippen MR) is 99.5 cm³/mol. The Bertz CT molecular complexity index is 974. The van der Waals surface area contributed by atoms with Crippen LogP contribution in [0, 0.1) is 6.92 Å². The van der Waals surface area contributed by atoms with Gasteiger partial charge < -0.3 is 14.1 Å². The summed E-state index contributed by atoms with van der Waals surface area (Å²) >= 11 is 1.19. The molecular formula is C18H21N3O4S. The van der Waals surface area contributed by atoms with Crippen LogP contribution in [0.15, 0.2) is 27.6 Å². The minimum atomic E-state index is -0.420. The second-order valence-electron chi connectivity index (χ2n) is 6.08. The number of rotatable bonds is 6. The molecule has 0 aliphatic carbocycles. The molecule has 7 nitrogen and oxygen atoms in total. The fourth-order valence-corrected chi connectivity index (χ4v) is 3.83. The van der Waals surface area contributed by atoms with E-state index in [4.69, 9.17) is 9.15 Å². The van der Waals surface area contributed by atoms with Crippen molar-refractivity contribution in [2.24, 2.45) is 0 Å². The van der Waals surface area contributed by atoms with Gasteiger partial charge in [0.1, 0.15) is 21.3 Å². The maximum Gasteiger partial charge on any atom is 0.348 e. The van der Waals surface area contributed by atoms with E-state index in [1.807, 2.05) is 31.0 Å². The molecular weight excluding hydrogens is 354 g/mol. The number of hydrogen-bond acceptors (Lipinski definition) is 7. The van der Waals surface area contributed by atoms with Gasteiger partial charge in [-0.15, -0.1) is 11.3 Å². The van der Waals surface area contributed by atoms with Crippen LogP contribution in [0.2, 0.25) is 0 Å². The summed E-state index contributed by atoms with van der Waals surface area (Å²) in [7, 11) is 1.93. The summed E-state index contributed by atoms with van der Waals surface area (Å²) < 4.78 is 10.4. The SMILES string of the molecule is CCOC(=O)c1sc2nc([C@@H](C)N(C)Cc3ccco3)[nH]c(=O)c2c1C. The number of furan rings is 1. The van der Waals surface area contributed by atoms with Crippen molar-refractivity contribution < 1.29 is 13.9 Å². The van der Waals surface area contributed by atoms with E-state index in [9.17, 15) is 9.59 Å². The van der Waals surface area contributed by atoms with Gasteiger partial charge in [-0.05, 0) is 45.5 Å².